The second-order valence-electron chi connectivity index (χ2n) is 3.92. The minimum absolute atomic E-state index is 0.940. The van der Waals surface area contributed by atoms with Crippen molar-refractivity contribution in [3.05, 3.63) is 9.98 Å². The van der Waals surface area contributed by atoms with E-state index in [-0.39, 0.29) is 0 Å². The van der Waals surface area contributed by atoms with Crippen LogP contribution in [0.5, 0.6) is 0 Å². The third-order valence-electron chi connectivity index (χ3n) is 2.74. The lowest BCUT2D eigenvalue weighted by atomic mass is 10.4. The van der Waals surface area contributed by atoms with Gasteiger partial charge in [0.05, 0.1) is 0 Å². The Balaban J connectivity index is 1.79. The van der Waals surface area contributed by atoms with E-state index in [4.69, 9.17) is 0 Å². The molecule has 0 saturated carbocycles. The summed E-state index contributed by atoms with van der Waals surface area (Å²) in [5.74, 6) is 0. The molecule has 0 aromatic carbocycles. The molecule has 0 spiro atoms. The molecule has 2 heterocycles. The van der Waals surface area contributed by atoms with Gasteiger partial charge in [0.15, 0.2) is 5.13 Å². The van der Waals surface area contributed by atoms with Crippen molar-refractivity contribution in [3.63, 3.8) is 0 Å². The first-order valence-electron chi connectivity index (χ1n) is 5.30. The van der Waals surface area contributed by atoms with Crippen molar-refractivity contribution in [1.82, 2.24) is 9.88 Å². The minimum Gasteiger partial charge on any atom is -0.350 e. The minimum atomic E-state index is 0.940. The Kier molecular flexibility index (Phi) is 3.99. The van der Waals surface area contributed by atoms with Crippen LogP contribution in [0.15, 0.2) is 9.98 Å². The summed E-state index contributed by atoms with van der Waals surface area (Å²) in [5.41, 5.74) is 0. The average Bonchev–Trinajstić information content (AvgIpc) is 2.84. The molecule has 84 valence electrons. The van der Waals surface area contributed by atoms with Crippen molar-refractivity contribution < 1.29 is 0 Å². The monoisotopic (exact) mass is 289 g/mol. The predicted octanol–water partition coefficient (Wildman–Crippen LogP) is 2.44. The summed E-state index contributed by atoms with van der Waals surface area (Å²) in [6, 6.07) is 0. The molecular weight excluding hydrogens is 274 g/mol. The standard InChI is InChI=1S/C10H16BrN3S/c1-13(10-12-9(11)8-15-10)6-7-14-4-2-3-5-14/h8H,2-7H2,1H3. The van der Waals surface area contributed by atoms with Crippen LogP contribution in [0.3, 0.4) is 0 Å². The van der Waals surface area contributed by atoms with Crippen LogP contribution in [0, 0.1) is 0 Å². The predicted molar refractivity (Wildman–Crippen MR) is 68.8 cm³/mol. The van der Waals surface area contributed by atoms with Crippen LogP contribution in [-0.2, 0) is 0 Å². The molecule has 5 heteroatoms. The molecule has 3 nitrogen and oxygen atoms in total. The Morgan fingerprint density at radius 3 is 2.87 bits per heavy atom. The van der Waals surface area contributed by atoms with Gasteiger partial charge in [-0.3, -0.25) is 0 Å². The zero-order valence-corrected chi connectivity index (χ0v) is 11.4. The van der Waals surface area contributed by atoms with Crippen molar-refractivity contribution >= 4 is 32.4 Å². The van der Waals surface area contributed by atoms with Crippen LogP contribution < -0.4 is 4.90 Å². The fourth-order valence-electron chi connectivity index (χ4n) is 1.81. The van der Waals surface area contributed by atoms with Gasteiger partial charge >= 0.3 is 0 Å². The molecule has 1 saturated heterocycles. The van der Waals surface area contributed by atoms with Gasteiger partial charge < -0.3 is 9.80 Å². The van der Waals surface area contributed by atoms with E-state index in [1.165, 1.54) is 25.9 Å². The van der Waals surface area contributed by atoms with E-state index in [2.05, 4.69) is 37.8 Å². The number of nitrogens with zero attached hydrogens (tertiary/aromatic N) is 3. The number of aromatic nitrogens is 1. The zero-order chi connectivity index (χ0) is 10.7. The molecule has 1 aliphatic rings. The lowest BCUT2D eigenvalue weighted by molar-refractivity contribution is 0.346. The summed E-state index contributed by atoms with van der Waals surface area (Å²) < 4.78 is 0.940. The highest BCUT2D eigenvalue weighted by atomic mass is 79.9. The van der Waals surface area contributed by atoms with Crippen LogP contribution in [0.25, 0.3) is 0 Å². The lowest BCUT2D eigenvalue weighted by Gasteiger charge is -2.20. The van der Waals surface area contributed by atoms with Gasteiger partial charge in [-0.2, -0.15) is 0 Å². The molecule has 0 aliphatic carbocycles. The van der Waals surface area contributed by atoms with Gasteiger partial charge in [0.2, 0.25) is 0 Å². The van der Waals surface area contributed by atoms with Gasteiger partial charge in [0.25, 0.3) is 0 Å². The topological polar surface area (TPSA) is 19.4 Å². The summed E-state index contributed by atoms with van der Waals surface area (Å²) in [6.07, 6.45) is 2.74. The molecule has 15 heavy (non-hydrogen) atoms. The van der Waals surface area contributed by atoms with Crippen LogP contribution >= 0.6 is 27.3 Å². The van der Waals surface area contributed by atoms with Crippen molar-refractivity contribution in [2.24, 2.45) is 0 Å². The fraction of sp³-hybridized carbons (Fsp3) is 0.700. The van der Waals surface area contributed by atoms with Gasteiger partial charge in [-0.25, -0.2) is 4.98 Å². The molecule has 0 unspecified atom stereocenters. The number of rotatable bonds is 4. The van der Waals surface area contributed by atoms with Gasteiger partial charge in [-0.15, -0.1) is 11.3 Å². The molecule has 1 aromatic rings. The number of thiazole rings is 1. The summed E-state index contributed by atoms with van der Waals surface area (Å²) in [7, 11) is 2.11. The number of halogens is 1. The molecule has 2 rings (SSSR count). The number of hydrogen-bond donors (Lipinski definition) is 0. The van der Waals surface area contributed by atoms with Crippen molar-refractivity contribution in [3.8, 4) is 0 Å². The highest BCUT2D eigenvalue weighted by Crippen LogP contribution is 2.22. The van der Waals surface area contributed by atoms with Crippen molar-refractivity contribution in [2.75, 3.05) is 38.1 Å². The SMILES string of the molecule is CN(CCN1CCCC1)c1nc(Br)cs1. The van der Waals surface area contributed by atoms with E-state index in [0.717, 1.165) is 22.8 Å². The first-order chi connectivity index (χ1) is 7.25. The maximum Gasteiger partial charge on any atom is 0.186 e. The van der Waals surface area contributed by atoms with Crippen molar-refractivity contribution in [1.29, 1.82) is 0 Å². The number of anilines is 1. The van der Waals surface area contributed by atoms with Gasteiger partial charge in [0.1, 0.15) is 4.60 Å². The maximum atomic E-state index is 4.40. The molecule has 0 bridgehead atoms. The Morgan fingerprint density at radius 1 is 1.53 bits per heavy atom. The Morgan fingerprint density at radius 2 is 2.27 bits per heavy atom. The maximum absolute atomic E-state index is 4.40. The molecule has 0 radical (unpaired) electrons. The zero-order valence-electron chi connectivity index (χ0n) is 8.95. The smallest absolute Gasteiger partial charge is 0.186 e. The average molecular weight is 290 g/mol. The second kappa shape index (κ2) is 5.27. The molecular formula is C10H16BrN3S. The number of likely N-dealkylation sites (N-methyl/N-ethyl adjacent to an activating group) is 1. The molecule has 1 aliphatic heterocycles. The van der Waals surface area contributed by atoms with E-state index in [0.29, 0.717) is 0 Å². The van der Waals surface area contributed by atoms with E-state index < -0.39 is 0 Å². The summed E-state index contributed by atoms with van der Waals surface area (Å²) in [6.45, 7) is 4.78. The summed E-state index contributed by atoms with van der Waals surface area (Å²) in [5, 5.41) is 3.13. The number of likely N-dealkylation sites (tertiary alicyclic amines) is 1. The Bertz CT molecular complexity index is 309. The fourth-order valence-corrected chi connectivity index (χ4v) is 3.06. The molecule has 1 fully saturated rings. The Hall–Kier alpha value is -0.130. The van der Waals surface area contributed by atoms with Crippen LogP contribution in [0.1, 0.15) is 12.8 Å². The second-order valence-corrected chi connectivity index (χ2v) is 5.57. The highest BCUT2D eigenvalue weighted by Gasteiger charge is 2.12. The summed E-state index contributed by atoms with van der Waals surface area (Å²) in [4.78, 5) is 9.16. The lowest BCUT2D eigenvalue weighted by Crippen LogP contribution is -2.31. The first-order valence-corrected chi connectivity index (χ1v) is 6.97. The number of hydrogen-bond acceptors (Lipinski definition) is 4. The molecule has 0 amide bonds. The van der Waals surface area contributed by atoms with E-state index >= 15 is 0 Å². The van der Waals surface area contributed by atoms with Crippen LogP contribution in [0.4, 0.5) is 5.13 Å². The summed E-state index contributed by atoms with van der Waals surface area (Å²) >= 11 is 5.07. The van der Waals surface area contributed by atoms with E-state index in [9.17, 15) is 0 Å². The normalized spacial score (nSPS) is 17.2. The molecule has 1 aromatic heterocycles. The quantitative estimate of drug-likeness (QED) is 0.849. The third-order valence-corrected chi connectivity index (χ3v) is 4.41. The van der Waals surface area contributed by atoms with E-state index in [1.54, 1.807) is 11.3 Å². The third kappa shape index (κ3) is 3.16. The van der Waals surface area contributed by atoms with Crippen LogP contribution in [0.2, 0.25) is 0 Å². The molecule has 0 atom stereocenters. The first kappa shape index (κ1) is 11.4. The van der Waals surface area contributed by atoms with E-state index in [1.807, 2.05) is 5.38 Å². The van der Waals surface area contributed by atoms with Crippen LogP contribution in [-0.4, -0.2) is 43.1 Å². The Labute approximate surface area is 103 Å². The van der Waals surface area contributed by atoms with Gasteiger partial charge in [0, 0.05) is 25.5 Å². The van der Waals surface area contributed by atoms with Gasteiger partial charge in [-0.05, 0) is 41.9 Å². The largest absolute Gasteiger partial charge is 0.350 e. The highest BCUT2D eigenvalue weighted by molar-refractivity contribution is 9.10. The molecule has 0 N–H and O–H groups in total. The van der Waals surface area contributed by atoms with Crippen molar-refractivity contribution in [2.45, 2.75) is 12.8 Å². The van der Waals surface area contributed by atoms with Gasteiger partial charge in [-0.1, -0.05) is 0 Å².